The molecule has 31 heavy (non-hydrogen) atoms. The maximum atomic E-state index is 14.2. The fourth-order valence-corrected chi connectivity index (χ4v) is 4.24. The minimum absolute atomic E-state index is 0.143. The molecule has 0 unspecified atom stereocenters. The Kier molecular flexibility index (Phi) is 6.54. The molecule has 0 aromatic heterocycles. The van der Waals surface area contributed by atoms with E-state index >= 15 is 0 Å². The number of hydrogen-bond donors (Lipinski definition) is 2. The van der Waals surface area contributed by atoms with E-state index in [4.69, 9.17) is 4.99 Å². The average Bonchev–Trinajstić information content (AvgIpc) is 3.44. The van der Waals surface area contributed by atoms with Crippen LogP contribution in [0.4, 0.5) is 4.39 Å². The van der Waals surface area contributed by atoms with E-state index in [1.165, 1.54) is 17.2 Å². The van der Waals surface area contributed by atoms with E-state index in [0.717, 1.165) is 37.3 Å². The molecular formula is C25H31FN4O. The van der Waals surface area contributed by atoms with Crippen molar-refractivity contribution >= 4 is 11.9 Å². The number of carbonyl (C=O) groups is 1. The van der Waals surface area contributed by atoms with E-state index < -0.39 is 0 Å². The molecular weight excluding hydrogens is 391 g/mol. The molecule has 5 nitrogen and oxygen atoms in total. The van der Waals surface area contributed by atoms with E-state index in [2.05, 4.69) is 22.8 Å². The predicted molar refractivity (Wildman–Crippen MR) is 121 cm³/mol. The predicted octanol–water partition coefficient (Wildman–Crippen LogP) is 3.74. The van der Waals surface area contributed by atoms with Gasteiger partial charge in [0.25, 0.3) is 0 Å². The number of benzene rings is 2. The number of rotatable bonds is 8. The van der Waals surface area contributed by atoms with Crippen LogP contribution in [0.5, 0.6) is 0 Å². The standard InChI is InChI=1S/C25H31FN4O/c1-2-27-24(29-18-25(13-14-25)21-10-5-6-11-22(21)26)28-15-7-12-23(31)30-16-19-8-3-4-9-20(19)17-30/h3-6,8-11H,2,7,12-18H2,1H3,(H2,27,28,29). The van der Waals surface area contributed by atoms with Crippen molar-refractivity contribution < 1.29 is 9.18 Å². The van der Waals surface area contributed by atoms with Crippen molar-refractivity contribution in [3.8, 4) is 0 Å². The lowest BCUT2D eigenvalue weighted by Gasteiger charge is -2.17. The quantitative estimate of drug-likeness (QED) is 0.387. The van der Waals surface area contributed by atoms with Gasteiger partial charge in [-0.05, 0) is 48.9 Å². The normalized spacial score (nSPS) is 16.7. The van der Waals surface area contributed by atoms with Gasteiger partial charge in [-0.3, -0.25) is 9.79 Å². The molecule has 0 atom stereocenters. The highest BCUT2D eigenvalue weighted by atomic mass is 19.1. The molecule has 4 rings (SSSR count). The Hall–Kier alpha value is -2.89. The van der Waals surface area contributed by atoms with Gasteiger partial charge < -0.3 is 15.5 Å². The first-order valence-electron chi connectivity index (χ1n) is 11.2. The number of nitrogens with one attached hydrogen (secondary N) is 2. The highest BCUT2D eigenvalue weighted by molar-refractivity contribution is 5.80. The number of amides is 1. The number of fused-ring (bicyclic) bond motifs is 1. The summed E-state index contributed by atoms with van der Waals surface area (Å²) in [5.41, 5.74) is 3.10. The summed E-state index contributed by atoms with van der Waals surface area (Å²) in [6.45, 7) is 5.44. The van der Waals surface area contributed by atoms with Crippen molar-refractivity contribution in [1.29, 1.82) is 0 Å². The van der Waals surface area contributed by atoms with Crippen LogP contribution in [0.3, 0.4) is 0 Å². The van der Waals surface area contributed by atoms with Gasteiger partial charge in [0.1, 0.15) is 5.82 Å². The van der Waals surface area contributed by atoms with E-state index in [9.17, 15) is 9.18 Å². The molecule has 0 bridgehead atoms. The molecule has 6 heteroatoms. The van der Waals surface area contributed by atoms with Crippen molar-refractivity contribution in [3.63, 3.8) is 0 Å². The van der Waals surface area contributed by atoms with E-state index in [-0.39, 0.29) is 17.1 Å². The highest BCUT2D eigenvalue weighted by Crippen LogP contribution is 2.49. The number of aliphatic imine (C=N–C) groups is 1. The van der Waals surface area contributed by atoms with Gasteiger partial charge in [0, 0.05) is 38.0 Å². The molecule has 1 aliphatic carbocycles. The smallest absolute Gasteiger partial charge is 0.223 e. The first kappa shape index (κ1) is 21.3. The van der Waals surface area contributed by atoms with Gasteiger partial charge in [-0.25, -0.2) is 4.39 Å². The fourth-order valence-electron chi connectivity index (χ4n) is 4.24. The largest absolute Gasteiger partial charge is 0.357 e. The van der Waals surface area contributed by atoms with Gasteiger partial charge in [0.05, 0.1) is 6.54 Å². The molecule has 164 valence electrons. The van der Waals surface area contributed by atoms with Gasteiger partial charge in [-0.15, -0.1) is 0 Å². The molecule has 0 radical (unpaired) electrons. The second-order valence-electron chi connectivity index (χ2n) is 8.50. The lowest BCUT2D eigenvalue weighted by atomic mass is 9.95. The van der Waals surface area contributed by atoms with Crippen LogP contribution >= 0.6 is 0 Å². The lowest BCUT2D eigenvalue weighted by molar-refractivity contribution is -0.131. The third-order valence-corrected chi connectivity index (χ3v) is 6.24. The number of carbonyl (C=O) groups excluding carboxylic acids is 1. The Morgan fingerprint density at radius 3 is 2.39 bits per heavy atom. The Labute approximate surface area is 183 Å². The highest BCUT2D eigenvalue weighted by Gasteiger charge is 2.45. The summed E-state index contributed by atoms with van der Waals surface area (Å²) < 4.78 is 14.2. The molecule has 2 N–H and O–H groups in total. The van der Waals surface area contributed by atoms with E-state index in [0.29, 0.717) is 32.6 Å². The third-order valence-electron chi connectivity index (χ3n) is 6.24. The second-order valence-corrected chi connectivity index (χ2v) is 8.50. The molecule has 2 aromatic rings. The van der Waals surface area contributed by atoms with Gasteiger partial charge in [-0.1, -0.05) is 42.5 Å². The minimum Gasteiger partial charge on any atom is -0.357 e. The van der Waals surface area contributed by atoms with Crippen molar-refractivity contribution in [1.82, 2.24) is 15.5 Å². The first-order valence-corrected chi connectivity index (χ1v) is 11.2. The Balaban J connectivity index is 1.25. The number of halogens is 1. The van der Waals surface area contributed by atoms with Crippen LogP contribution in [0.1, 0.15) is 49.3 Å². The van der Waals surface area contributed by atoms with Crippen LogP contribution in [-0.4, -0.2) is 36.4 Å². The van der Waals surface area contributed by atoms with E-state index in [1.807, 2.05) is 36.1 Å². The molecule has 1 amide bonds. The molecule has 1 aliphatic heterocycles. The summed E-state index contributed by atoms with van der Waals surface area (Å²) in [7, 11) is 0. The monoisotopic (exact) mass is 422 g/mol. The Bertz CT molecular complexity index is 929. The molecule has 1 heterocycles. The van der Waals surface area contributed by atoms with Gasteiger partial charge in [0.15, 0.2) is 5.96 Å². The zero-order valence-electron chi connectivity index (χ0n) is 18.2. The second kappa shape index (κ2) is 9.50. The molecule has 2 aliphatic rings. The van der Waals surface area contributed by atoms with Crippen LogP contribution in [0.2, 0.25) is 0 Å². The maximum absolute atomic E-state index is 14.2. The van der Waals surface area contributed by atoms with Crippen molar-refractivity contribution in [2.24, 2.45) is 4.99 Å². The van der Waals surface area contributed by atoms with Crippen LogP contribution in [0, 0.1) is 5.82 Å². The molecule has 1 fully saturated rings. The van der Waals surface area contributed by atoms with Crippen LogP contribution < -0.4 is 10.6 Å². The number of nitrogens with zero attached hydrogens (tertiary/aromatic N) is 2. The Morgan fingerprint density at radius 2 is 1.74 bits per heavy atom. The first-order chi connectivity index (χ1) is 15.1. The molecule has 0 spiro atoms. The fraction of sp³-hybridized carbons (Fsp3) is 0.440. The van der Waals surface area contributed by atoms with Crippen molar-refractivity contribution in [3.05, 3.63) is 71.0 Å². The van der Waals surface area contributed by atoms with Gasteiger partial charge in [-0.2, -0.15) is 0 Å². The number of guanidine groups is 1. The third kappa shape index (κ3) is 5.06. The maximum Gasteiger partial charge on any atom is 0.223 e. The summed E-state index contributed by atoms with van der Waals surface area (Å²) in [4.78, 5) is 19.2. The minimum atomic E-state index is -0.172. The summed E-state index contributed by atoms with van der Waals surface area (Å²) >= 11 is 0. The summed E-state index contributed by atoms with van der Waals surface area (Å²) in [5, 5.41) is 6.58. The lowest BCUT2D eigenvalue weighted by Crippen LogP contribution is -2.38. The summed E-state index contributed by atoms with van der Waals surface area (Å²) in [6, 6.07) is 15.3. The van der Waals surface area contributed by atoms with Crippen LogP contribution in [0.25, 0.3) is 0 Å². The molecule has 1 saturated carbocycles. The summed E-state index contributed by atoms with van der Waals surface area (Å²) in [6.07, 6.45) is 3.18. The SMILES string of the molecule is CCNC(=NCC1(c2ccccc2F)CC1)NCCCC(=O)N1Cc2ccccc2C1. The van der Waals surface area contributed by atoms with Gasteiger partial charge in [0.2, 0.25) is 5.91 Å². The zero-order chi connectivity index (χ0) is 21.7. The van der Waals surface area contributed by atoms with Crippen molar-refractivity contribution in [2.75, 3.05) is 19.6 Å². The van der Waals surface area contributed by atoms with Crippen molar-refractivity contribution in [2.45, 2.75) is 51.1 Å². The summed E-state index contributed by atoms with van der Waals surface area (Å²) in [5.74, 6) is 0.776. The topological polar surface area (TPSA) is 56.7 Å². The van der Waals surface area contributed by atoms with Crippen LogP contribution in [-0.2, 0) is 23.3 Å². The Morgan fingerprint density at radius 1 is 1.06 bits per heavy atom. The van der Waals surface area contributed by atoms with E-state index in [1.54, 1.807) is 6.07 Å². The number of hydrogen-bond acceptors (Lipinski definition) is 2. The van der Waals surface area contributed by atoms with Crippen LogP contribution in [0.15, 0.2) is 53.5 Å². The zero-order valence-corrected chi connectivity index (χ0v) is 18.2. The van der Waals surface area contributed by atoms with Gasteiger partial charge >= 0.3 is 0 Å². The molecule has 0 saturated heterocycles. The molecule has 2 aromatic carbocycles. The average molecular weight is 423 g/mol.